The first-order chi connectivity index (χ1) is 8.09. The molecule has 0 fully saturated rings. The predicted octanol–water partition coefficient (Wildman–Crippen LogP) is 1.13. The molecular formula is C13H11NO3. The van der Waals surface area contributed by atoms with Crippen LogP contribution < -0.4 is 5.32 Å². The normalized spacial score (nSPS) is 14.1. The number of amides is 1. The van der Waals surface area contributed by atoms with E-state index in [1.807, 2.05) is 0 Å². The largest absolute Gasteiger partial charge is 0.352 e. The van der Waals surface area contributed by atoms with Crippen molar-refractivity contribution >= 4 is 17.5 Å². The van der Waals surface area contributed by atoms with Gasteiger partial charge in [-0.2, -0.15) is 0 Å². The molecule has 1 N–H and O–H groups in total. The van der Waals surface area contributed by atoms with Gasteiger partial charge in [0.15, 0.2) is 11.6 Å². The zero-order valence-electron chi connectivity index (χ0n) is 9.32. The van der Waals surface area contributed by atoms with Crippen molar-refractivity contribution in [2.75, 3.05) is 6.54 Å². The summed E-state index contributed by atoms with van der Waals surface area (Å²) in [6.45, 7) is 1.46. The summed E-state index contributed by atoms with van der Waals surface area (Å²) in [7, 11) is 0. The molecule has 0 saturated heterocycles. The maximum atomic E-state index is 12.0. The Hall–Kier alpha value is -2.23. The number of allylic oxidation sites excluding steroid dienone is 1. The first-order valence-corrected chi connectivity index (χ1v) is 5.22. The maximum absolute atomic E-state index is 12.0. The molecule has 0 atom stereocenters. The summed E-state index contributed by atoms with van der Waals surface area (Å²) < 4.78 is 0. The predicted molar refractivity (Wildman–Crippen MR) is 61.9 cm³/mol. The van der Waals surface area contributed by atoms with Crippen molar-refractivity contribution in [3.63, 3.8) is 0 Å². The highest BCUT2D eigenvalue weighted by Gasteiger charge is 2.24. The molecule has 4 heteroatoms. The van der Waals surface area contributed by atoms with Crippen LogP contribution in [-0.4, -0.2) is 24.0 Å². The Bertz CT molecular complexity index is 543. The minimum absolute atomic E-state index is 0.0915. The smallest absolute Gasteiger partial charge is 0.217 e. The van der Waals surface area contributed by atoms with E-state index < -0.39 is 0 Å². The molecule has 1 aromatic rings. The molecule has 1 amide bonds. The SMILES string of the molecule is CC(=O)NCC1=CC(=O)c2ccccc2C1=O. The second-order valence-electron chi connectivity index (χ2n) is 3.82. The van der Waals surface area contributed by atoms with Crippen LogP contribution >= 0.6 is 0 Å². The average Bonchev–Trinajstić information content (AvgIpc) is 2.32. The molecule has 1 aromatic carbocycles. The standard InChI is InChI=1S/C13H11NO3/c1-8(15)14-7-9-6-12(16)10-4-2-3-5-11(10)13(9)17/h2-6H,7H2,1H3,(H,14,15). The monoisotopic (exact) mass is 229 g/mol. The first-order valence-electron chi connectivity index (χ1n) is 5.22. The lowest BCUT2D eigenvalue weighted by Crippen LogP contribution is -2.28. The molecule has 0 heterocycles. The summed E-state index contributed by atoms with van der Waals surface area (Å²) in [5, 5.41) is 2.52. The molecule has 0 bridgehead atoms. The van der Waals surface area contributed by atoms with Crippen LogP contribution in [0.3, 0.4) is 0 Å². The Morgan fingerprint density at radius 3 is 2.47 bits per heavy atom. The number of ketones is 2. The van der Waals surface area contributed by atoms with Gasteiger partial charge in [0.25, 0.3) is 0 Å². The first kappa shape index (κ1) is 11.3. The van der Waals surface area contributed by atoms with Gasteiger partial charge >= 0.3 is 0 Å². The summed E-state index contributed by atoms with van der Waals surface area (Å²) in [5.74, 6) is -0.625. The van der Waals surface area contributed by atoms with Crippen molar-refractivity contribution < 1.29 is 14.4 Å². The number of fused-ring (bicyclic) bond motifs is 1. The lowest BCUT2D eigenvalue weighted by atomic mass is 9.89. The van der Waals surface area contributed by atoms with E-state index >= 15 is 0 Å². The number of hydrogen-bond acceptors (Lipinski definition) is 3. The zero-order chi connectivity index (χ0) is 12.4. The van der Waals surface area contributed by atoms with E-state index in [0.717, 1.165) is 0 Å². The van der Waals surface area contributed by atoms with Crippen LogP contribution in [0.5, 0.6) is 0 Å². The molecule has 0 saturated carbocycles. The Kier molecular flexibility index (Phi) is 2.87. The average molecular weight is 229 g/mol. The number of Topliss-reactive ketones (excluding diaryl/α,β-unsaturated/α-hetero) is 1. The van der Waals surface area contributed by atoms with Crippen LogP contribution in [0.15, 0.2) is 35.9 Å². The molecule has 17 heavy (non-hydrogen) atoms. The highest BCUT2D eigenvalue weighted by atomic mass is 16.2. The maximum Gasteiger partial charge on any atom is 0.217 e. The van der Waals surface area contributed by atoms with Crippen molar-refractivity contribution in [1.29, 1.82) is 0 Å². The lowest BCUT2D eigenvalue weighted by molar-refractivity contribution is -0.118. The second-order valence-corrected chi connectivity index (χ2v) is 3.82. The molecule has 2 rings (SSSR count). The molecular weight excluding hydrogens is 218 g/mol. The zero-order valence-corrected chi connectivity index (χ0v) is 9.32. The number of benzene rings is 1. The molecule has 0 aromatic heterocycles. The Balaban J connectivity index is 2.32. The fraction of sp³-hybridized carbons (Fsp3) is 0.154. The molecule has 0 radical (unpaired) electrons. The van der Waals surface area contributed by atoms with Gasteiger partial charge in [0.05, 0.1) is 0 Å². The topological polar surface area (TPSA) is 63.2 Å². The van der Waals surface area contributed by atoms with Crippen LogP contribution in [-0.2, 0) is 4.79 Å². The van der Waals surface area contributed by atoms with Crippen LogP contribution in [0.4, 0.5) is 0 Å². The molecule has 86 valence electrons. The van der Waals surface area contributed by atoms with Crippen molar-refractivity contribution in [3.05, 3.63) is 47.0 Å². The molecule has 0 spiro atoms. The summed E-state index contributed by atoms with van der Waals surface area (Å²) in [6, 6.07) is 6.68. The van der Waals surface area contributed by atoms with Crippen LogP contribution in [0.2, 0.25) is 0 Å². The fourth-order valence-electron chi connectivity index (χ4n) is 1.72. The van der Waals surface area contributed by atoms with E-state index in [0.29, 0.717) is 16.7 Å². The number of carbonyl (C=O) groups is 3. The van der Waals surface area contributed by atoms with Gasteiger partial charge in [-0.15, -0.1) is 0 Å². The Morgan fingerprint density at radius 1 is 1.18 bits per heavy atom. The number of rotatable bonds is 2. The Labute approximate surface area is 98.3 Å². The van der Waals surface area contributed by atoms with E-state index in [1.54, 1.807) is 24.3 Å². The van der Waals surface area contributed by atoms with Crippen molar-refractivity contribution in [1.82, 2.24) is 5.32 Å². The molecule has 0 aliphatic heterocycles. The number of hydrogen-bond donors (Lipinski definition) is 1. The minimum atomic E-state index is -0.231. The number of carbonyl (C=O) groups excluding carboxylic acids is 3. The summed E-state index contributed by atoms with van der Waals surface area (Å²) >= 11 is 0. The van der Waals surface area contributed by atoms with E-state index in [9.17, 15) is 14.4 Å². The third kappa shape index (κ3) is 2.15. The highest BCUT2D eigenvalue weighted by Crippen LogP contribution is 2.20. The Morgan fingerprint density at radius 2 is 1.82 bits per heavy atom. The van der Waals surface area contributed by atoms with Crippen molar-refractivity contribution in [3.8, 4) is 0 Å². The van der Waals surface area contributed by atoms with E-state index in [2.05, 4.69) is 5.32 Å². The van der Waals surface area contributed by atoms with Crippen molar-refractivity contribution in [2.24, 2.45) is 0 Å². The van der Waals surface area contributed by atoms with Gasteiger partial charge in [-0.05, 0) is 6.08 Å². The fourth-order valence-corrected chi connectivity index (χ4v) is 1.72. The van der Waals surface area contributed by atoms with Crippen LogP contribution in [0.25, 0.3) is 0 Å². The summed E-state index contributed by atoms with van der Waals surface area (Å²) in [5.41, 5.74) is 1.15. The third-order valence-electron chi connectivity index (χ3n) is 2.56. The molecule has 0 unspecified atom stereocenters. The molecule has 1 aliphatic rings. The number of nitrogens with one attached hydrogen (secondary N) is 1. The van der Waals surface area contributed by atoms with Crippen molar-refractivity contribution in [2.45, 2.75) is 6.92 Å². The van der Waals surface area contributed by atoms with Gasteiger partial charge in [0.1, 0.15) is 0 Å². The minimum Gasteiger partial charge on any atom is -0.352 e. The van der Waals surface area contributed by atoms with Gasteiger partial charge in [-0.1, -0.05) is 24.3 Å². The van der Waals surface area contributed by atoms with Gasteiger partial charge in [0.2, 0.25) is 5.91 Å². The molecule has 1 aliphatic carbocycles. The van der Waals surface area contributed by atoms with Gasteiger partial charge in [-0.3, -0.25) is 14.4 Å². The lowest BCUT2D eigenvalue weighted by Gasteiger charge is -2.14. The molecule has 4 nitrogen and oxygen atoms in total. The van der Waals surface area contributed by atoms with E-state index in [-0.39, 0.29) is 24.0 Å². The highest BCUT2D eigenvalue weighted by molar-refractivity contribution is 6.24. The van der Waals surface area contributed by atoms with Gasteiger partial charge in [-0.25, -0.2) is 0 Å². The summed E-state index contributed by atoms with van der Waals surface area (Å²) in [6.07, 6.45) is 1.29. The summed E-state index contributed by atoms with van der Waals surface area (Å²) in [4.78, 5) is 34.5. The van der Waals surface area contributed by atoms with E-state index in [1.165, 1.54) is 13.0 Å². The second kappa shape index (κ2) is 4.33. The quantitative estimate of drug-likeness (QED) is 0.826. The van der Waals surface area contributed by atoms with Gasteiger partial charge in [0, 0.05) is 30.2 Å². The third-order valence-corrected chi connectivity index (χ3v) is 2.56. The van der Waals surface area contributed by atoms with Crippen LogP contribution in [0, 0.1) is 0 Å². The van der Waals surface area contributed by atoms with Crippen LogP contribution in [0.1, 0.15) is 27.6 Å². The van der Waals surface area contributed by atoms with Gasteiger partial charge < -0.3 is 5.32 Å². The van der Waals surface area contributed by atoms with E-state index in [4.69, 9.17) is 0 Å².